The molecule has 0 radical (unpaired) electrons. The topological polar surface area (TPSA) is 61.4 Å². The van der Waals surface area contributed by atoms with Gasteiger partial charge in [-0.25, -0.2) is 0 Å². The normalized spacial score (nSPS) is 13.5. The summed E-state index contributed by atoms with van der Waals surface area (Å²) in [7, 11) is 0. The van der Waals surface area contributed by atoms with E-state index >= 15 is 0 Å². The van der Waals surface area contributed by atoms with Crippen LogP contribution in [0, 0.1) is 0 Å². The third-order valence-electron chi connectivity index (χ3n) is 4.10. The van der Waals surface area contributed by atoms with Crippen molar-refractivity contribution >= 4 is 46.4 Å². The van der Waals surface area contributed by atoms with Gasteiger partial charge in [0.25, 0.3) is 5.91 Å². The molecule has 0 atom stereocenters. The lowest BCUT2D eigenvalue weighted by Gasteiger charge is -2.16. The second-order valence-corrected chi connectivity index (χ2v) is 7.01. The summed E-state index contributed by atoms with van der Waals surface area (Å²) >= 11 is 11.9. The lowest BCUT2D eigenvalue weighted by atomic mass is 10.1. The van der Waals surface area contributed by atoms with Crippen LogP contribution < -0.4 is 10.6 Å². The molecule has 0 unspecified atom stereocenters. The predicted octanol–water partition coefficient (Wildman–Crippen LogP) is 4.28. The molecule has 3 rings (SSSR count). The van der Waals surface area contributed by atoms with Crippen LogP contribution in [0.5, 0.6) is 0 Å². The molecule has 0 bridgehead atoms. The highest BCUT2D eigenvalue weighted by Crippen LogP contribution is 2.22. The van der Waals surface area contributed by atoms with Crippen LogP contribution in [-0.2, 0) is 4.79 Å². The second-order valence-electron chi connectivity index (χ2n) is 6.14. The van der Waals surface area contributed by atoms with Crippen molar-refractivity contribution in [2.45, 2.75) is 12.8 Å². The maximum absolute atomic E-state index is 12.4. The first-order valence-corrected chi connectivity index (χ1v) is 9.16. The van der Waals surface area contributed by atoms with Crippen molar-refractivity contribution in [3.63, 3.8) is 0 Å². The summed E-state index contributed by atoms with van der Waals surface area (Å²) in [5.74, 6) is -0.225. The average molecular weight is 392 g/mol. The summed E-state index contributed by atoms with van der Waals surface area (Å²) in [5.41, 5.74) is 1.83. The maximum atomic E-state index is 12.4. The van der Waals surface area contributed by atoms with E-state index in [-0.39, 0.29) is 18.4 Å². The molecule has 0 saturated carbocycles. The monoisotopic (exact) mass is 391 g/mol. The molecular formula is C19H19Cl2N3O2. The molecule has 26 heavy (non-hydrogen) atoms. The van der Waals surface area contributed by atoms with E-state index in [0.29, 0.717) is 27.0 Å². The Kier molecular flexibility index (Phi) is 6.01. The van der Waals surface area contributed by atoms with Crippen molar-refractivity contribution in [1.82, 2.24) is 4.90 Å². The van der Waals surface area contributed by atoms with Crippen LogP contribution in [0.25, 0.3) is 0 Å². The number of hydrogen-bond acceptors (Lipinski definition) is 3. The first kappa shape index (κ1) is 18.5. The number of nitrogens with zero attached hydrogens (tertiary/aromatic N) is 1. The van der Waals surface area contributed by atoms with Crippen LogP contribution in [0.15, 0.2) is 42.5 Å². The van der Waals surface area contributed by atoms with Crippen molar-refractivity contribution in [3.05, 3.63) is 58.1 Å². The summed E-state index contributed by atoms with van der Waals surface area (Å²) in [6, 6.07) is 12.0. The van der Waals surface area contributed by atoms with Gasteiger partial charge in [-0.2, -0.15) is 0 Å². The Hall–Kier alpha value is -2.24. The van der Waals surface area contributed by atoms with Crippen LogP contribution in [0.3, 0.4) is 0 Å². The molecular weight excluding hydrogens is 373 g/mol. The van der Waals surface area contributed by atoms with Crippen molar-refractivity contribution in [2.24, 2.45) is 0 Å². The molecule has 136 valence electrons. The van der Waals surface area contributed by atoms with E-state index in [1.165, 1.54) is 0 Å². The molecule has 1 heterocycles. The highest BCUT2D eigenvalue weighted by molar-refractivity contribution is 6.35. The molecule has 2 aromatic rings. The lowest BCUT2D eigenvalue weighted by molar-refractivity contribution is -0.114. The van der Waals surface area contributed by atoms with Crippen molar-refractivity contribution < 1.29 is 9.59 Å². The van der Waals surface area contributed by atoms with E-state index < -0.39 is 0 Å². The minimum absolute atomic E-state index is 0.00490. The fourth-order valence-corrected chi connectivity index (χ4v) is 3.40. The predicted molar refractivity (Wildman–Crippen MR) is 105 cm³/mol. The molecule has 2 amide bonds. The fourth-order valence-electron chi connectivity index (χ4n) is 2.88. The van der Waals surface area contributed by atoms with Crippen molar-refractivity contribution in [1.29, 1.82) is 0 Å². The zero-order valence-electron chi connectivity index (χ0n) is 14.1. The van der Waals surface area contributed by atoms with Crippen LogP contribution in [-0.4, -0.2) is 36.3 Å². The molecule has 1 aliphatic rings. The van der Waals surface area contributed by atoms with Crippen molar-refractivity contribution in [3.8, 4) is 0 Å². The van der Waals surface area contributed by atoms with Gasteiger partial charge >= 0.3 is 0 Å². The molecule has 0 aliphatic carbocycles. The number of carbonyl (C=O) groups is 2. The third kappa shape index (κ3) is 4.90. The van der Waals surface area contributed by atoms with E-state index in [4.69, 9.17) is 23.2 Å². The van der Waals surface area contributed by atoms with Gasteiger partial charge in [-0.05, 0) is 49.2 Å². The number of carbonyl (C=O) groups excluding carboxylic acids is 2. The number of hydrogen-bond donors (Lipinski definition) is 2. The van der Waals surface area contributed by atoms with Gasteiger partial charge in [-0.1, -0.05) is 29.3 Å². The van der Waals surface area contributed by atoms with Crippen molar-refractivity contribution in [2.75, 3.05) is 30.3 Å². The van der Waals surface area contributed by atoms with Gasteiger partial charge in [0.05, 0.1) is 6.54 Å². The van der Waals surface area contributed by atoms with Crippen LogP contribution in [0.2, 0.25) is 10.0 Å². The maximum Gasteiger partial charge on any atom is 0.253 e. The number of amides is 2. The first-order chi connectivity index (χ1) is 12.5. The Balaban J connectivity index is 1.58. The van der Waals surface area contributed by atoms with Gasteiger partial charge in [0.1, 0.15) is 0 Å². The highest BCUT2D eigenvalue weighted by Gasteiger charge is 2.19. The van der Waals surface area contributed by atoms with Gasteiger partial charge in [0.2, 0.25) is 5.91 Å². The van der Waals surface area contributed by atoms with E-state index in [2.05, 4.69) is 10.6 Å². The first-order valence-electron chi connectivity index (χ1n) is 8.40. The zero-order chi connectivity index (χ0) is 18.5. The summed E-state index contributed by atoms with van der Waals surface area (Å²) in [6.07, 6.45) is 2.09. The van der Waals surface area contributed by atoms with Crippen LogP contribution >= 0.6 is 23.2 Å². The Labute approximate surface area is 162 Å². The molecule has 5 nitrogen and oxygen atoms in total. The van der Waals surface area contributed by atoms with Gasteiger partial charge in [-0.15, -0.1) is 0 Å². The molecule has 1 saturated heterocycles. The zero-order valence-corrected chi connectivity index (χ0v) is 15.6. The van der Waals surface area contributed by atoms with Gasteiger partial charge in [0.15, 0.2) is 0 Å². The van der Waals surface area contributed by atoms with Gasteiger partial charge in [0, 0.05) is 40.1 Å². The number of likely N-dealkylation sites (tertiary alicyclic amines) is 1. The average Bonchev–Trinajstić information content (AvgIpc) is 3.13. The fraction of sp³-hybridized carbons (Fsp3) is 0.263. The minimum Gasteiger partial charge on any atom is -0.376 e. The number of anilines is 2. The smallest absolute Gasteiger partial charge is 0.253 e. The minimum atomic E-state index is -0.230. The third-order valence-corrected chi connectivity index (χ3v) is 4.54. The van der Waals surface area contributed by atoms with Crippen LogP contribution in [0.4, 0.5) is 11.4 Å². The Morgan fingerprint density at radius 2 is 1.65 bits per heavy atom. The standard InChI is InChI=1S/C19H19Cl2N3O2/c20-14-9-15(21)11-17(10-14)22-12-18(25)23-16-5-3-4-13(8-16)19(26)24-6-1-2-7-24/h3-5,8-11,22H,1-2,6-7,12H2,(H,23,25). The number of rotatable bonds is 5. The number of benzene rings is 2. The molecule has 7 heteroatoms. The lowest BCUT2D eigenvalue weighted by Crippen LogP contribution is -2.27. The summed E-state index contributed by atoms with van der Waals surface area (Å²) < 4.78 is 0. The Bertz CT molecular complexity index is 800. The largest absolute Gasteiger partial charge is 0.376 e. The van der Waals surface area contributed by atoms with Crippen LogP contribution in [0.1, 0.15) is 23.2 Å². The summed E-state index contributed by atoms with van der Waals surface area (Å²) in [6.45, 7) is 1.64. The molecule has 1 fully saturated rings. The van der Waals surface area contributed by atoms with E-state index in [1.807, 2.05) is 4.90 Å². The summed E-state index contributed by atoms with van der Waals surface area (Å²) in [4.78, 5) is 26.4. The van der Waals surface area contributed by atoms with Gasteiger partial charge in [-0.3, -0.25) is 9.59 Å². The SMILES string of the molecule is O=C(CNc1cc(Cl)cc(Cl)c1)Nc1cccc(C(=O)N2CCCC2)c1. The summed E-state index contributed by atoms with van der Waals surface area (Å²) in [5, 5.41) is 6.75. The van der Waals surface area contributed by atoms with Gasteiger partial charge < -0.3 is 15.5 Å². The molecule has 2 N–H and O–H groups in total. The second kappa shape index (κ2) is 8.43. The Morgan fingerprint density at radius 3 is 2.35 bits per heavy atom. The Morgan fingerprint density at radius 1 is 0.962 bits per heavy atom. The number of nitrogens with one attached hydrogen (secondary N) is 2. The van der Waals surface area contributed by atoms with E-state index in [1.54, 1.807) is 42.5 Å². The van der Waals surface area contributed by atoms with E-state index in [9.17, 15) is 9.59 Å². The van der Waals surface area contributed by atoms with E-state index in [0.717, 1.165) is 25.9 Å². The molecule has 0 aromatic heterocycles. The molecule has 0 spiro atoms. The molecule has 2 aromatic carbocycles. The molecule has 1 aliphatic heterocycles. The highest BCUT2D eigenvalue weighted by atomic mass is 35.5. The number of halogens is 2. The quantitative estimate of drug-likeness (QED) is 0.799.